The molecule has 0 saturated carbocycles. The molecule has 0 bridgehead atoms. The summed E-state index contributed by atoms with van der Waals surface area (Å²) in [7, 11) is 2.16. The van der Waals surface area contributed by atoms with Crippen LogP contribution in [-0.2, 0) is 4.79 Å². The third-order valence-corrected chi connectivity index (χ3v) is 7.95. The average molecular weight is 589 g/mol. The lowest BCUT2D eigenvalue weighted by Crippen LogP contribution is -2.44. The number of anilines is 1. The van der Waals surface area contributed by atoms with Gasteiger partial charge in [-0.25, -0.2) is 4.90 Å². The number of carbonyl (C=O) groups excluding carboxylic acids is 2. The summed E-state index contributed by atoms with van der Waals surface area (Å²) in [5, 5.41) is 10.4. The van der Waals surface area contributed by atoms with E-state index >= 15 is 0 Å². The molecule has 11 heteroatoms. The van der Waals surface area contributed by atoms with Crippen molar-refractivity contribution in [1.82, 2.24) is 9.80 Å². The topological polar surface area (TPSA) is 105 Å². The number of hydrogen-bond acceptors (Lipinski definition) is 9. The fourth-order valence-corrected chi connectivity index (χ4v) is 5.48. The van der Waals surface area contributed by atoms with Crippen molar-refractivity contribution in [2.45, 2.75) is 12.8 Å². The van der Waals surface area contributed by atoms with Crippen LogP contribution in [0.15, 0.2) is 77.7 Å². The van der Waals surface area contributed by atoms with Gasteiger partial charge < -0.3 is 19.3 Å². The van der Waals surface area contributed by atoms with Crippen molar-refractivity contribution in [3.8, 4) is 17.2 Å². The van der Waals surface area contributed by atoms with Gasteiger partial charge in [0.15, 0.2) is 0 Å². The molecule has 0 radical (unpaired) electrons. The normalized spacial score (nSPS) is 17.2. The fraction of sp³-hybridized carbons (Fsp3) is 0.290. The van der Waals surface area contributed by atoms with Gasteiger partial charge in [-0.05, 0) is 98.4 Å². The second kappa shape index (κ2) is 13.6. The van der Waals surface area contributed by atoms with Crippen LogP contribution in [0.2, 0.25) is 0 Å². The molecule has 2 saturated heterocycles. The van der Waals surface area contributed by atoms with Gasteiger partial charge >= 0.3 is 0 Å². The predicted octanol–water partition coefficient (Wildman–Crippen LogP) is 6.03. The quantitative estimate of drug-likeness (QED) is 0.115. The van der Waals surface area contributed by atoms with E-state index in [4.69, 9.17) is 9.47 Å². The number of nitro groups is 1. The van der Waals surface area contributed by atoms with Crippen LogP contribution in [0.5, 0.6) is 17.2 Å². The highest BCUT2D eigenvalue weighted by atomic mass is 32.2. The number of carbonyl (C=O) groups is 2. The summed E-state index contributed by atoms with van der Waals surface area (Å²) in [4.78, 5) is 42.5. The Labute approximate surface area is 248 Å². The molecule has 2 heterocycles. The van der Waals surface area contributed by atoms with Gasteiger partial charge in [0, 0.05) is 38.3 Å². The SMILES string of the molecule is CN1CCN(CCCCOc2ccc(N3C(=O)SC(=Cc4ccc(Oc5ccc([N+](=O)[O-])cc5)cc4)C3=O)cc2)CC1. The summed E-state index contributed by atoms with van der Waals surface area (Å²) < 4.78 is 11.6. The van der Waals surface area contributed by atoms with Gasteiger partial charge in [0.2, 0.25) is 0 Å². The molecule has 2 fully saturated rings. The van der Waals surface area contributed by atoms with E-state index < -0.39 is 4.92 Å². The molecule has 0 atom stereocenters. The Morgan fingerprint density at radius 1 is 0.857 bits per heavy atom. The van der Waals surface area contributed by atoms with Gasteiger partial charge in [-0.2, -0.15) is 0 Å². The zero-order valence-electron chi connectivity index (χ0n) is 23.3. The molecule has 2 aliphatic heterocycles. The first-order valence-electron chi connectivity index (χ1n) is 13.8. The summed E-state index contributed by atoms with van der Waals surface area (Å²) in [6.07, 6.45) is 3.72. The van der Waals surface area contributed by atoms with Gasteiger partial charge in [-0.15, -0.1) is 0 Å². The van der Waals surface area contributed by atoms with Crippen LogP contribution >= 0.6 is 11.8 Å². The standard InChI is InChI=1S/C31H32N4O6S/c1-32-17-19-33(20-18-32)16-2-3-21-40-26-12-6-24(7-13-26)34-30(36)29(42-31(34)37)22-23-4-10-27(11-5-23)41-28-14-8-25(9-15-28)35(38)39/h4-15,22H,2-3,16-21H2,1H3. The molecule has 2 aliphatic rings. The lowest BCUT2D eigenvalue weighted by molar-refractivity contribution is -0.384. The highest BCUT2D eigenvalue weighted by Crippen LogP contribution is 2.36. The molecule has 5 rings (SSSR count). The Balaban J connectivity index is 1.11. The highest BCUT2D eigenvalue weighted by molar-refractivity contribution is 8.19. The molecule has 0 aliphatic carbocycles. The number of piperazine rings is 1. The van der Waals surface area contributed by atoms with Crippen LogP contribution < -0.4 is 14.4 Å². The molecule has 10 nitrogen and oxygen atoms in total. The van der Waals surface area contributed by atoms with Crippen LogP contribution in [0.1, 0.15) is 18.4 Å². The number of rotatable bonds is 11. The summed E-state index contributed by atoms with van der Waals surface area (Å²) >= 11 is 0.892. The number of hydrogen-bond donors (Lipinski definition) is 0. The van der Waals surface area contributed by atoms with E-state index in [2.05, 4.69) is 16.8 Å². The van der Waals surface area contributed by atoms with Crippen LogP contribution in [-0.4, -0.2) is 72.2 Å². The summed E-state index contributed by atoms with van der Waals surface area (Å²) in [6, 6.07) is 19.8. The van der Waals surface area contributed by atoms with E-state index in [1.165, 1.54) is 29.2 Å². The number of non-ortho nitro benzene ring substituents is 1. The lowest BCUT2D eigenvalue weighted by Gasteiger charge is -2.32. The van der Waals surface area contributed by atoms with Crippen molar-refractivity contribution in [1.29, 1.82) is 0 Å². The predicted molar refractivity (Wildman–Crippen MR) is 163 cm³/mol. The molecular weight excluding hydrogens is 556 g/mol. The number of thioether (sulfide) groups is 1. The molecule has 0 spiro atoms. The molecule has 3 aromatic rings. The van der Waals surface area contributed by atoms with E-state index in [-0.39, 0.29) is 16.8 Å². The van der Waals surface area contributed by atoms with Crippen molar-refractivity contribution in [2.75, 3.05) is 51.3 Å². The Bertz CT molecular complexity index is 1440. The van der Waals surface area contributed by atoms with Crippen molar-refractivity contribution in [3.05, 3.63) is 93.4 Å². The van der Waals surface area contributed by atoms with Crippen LogP contribution in [0.3, 0.4) is 0 Å². The van der Waals surface area contributed by atoms with E-state index in [1.54, 1.807) is 54.6 Å². The monoisotopic (exact) mass is 588 g/mol. The second-order valence-electron chi connectivity index (χ2n) is 10.1. The van der Waals surface area contributed by atoms with Crippen molar-refractivity contribution in [2.24, 2.45) is 0 Å². The number of ether oxygens (including phenoxy) is 2. The zero-order chi connectivity index (χ0) is 29.5. The maximum Gasteiger partial charge on any atom is 0.298 e. The van der Waals surface area contributed by atoms with Crippen molar-refractivity contribution in [3.63, 3.8) is 0 Å². The maximum atomic E-state index is 13.1. The summed E-state index contributed by atoms with van der Waals surface area (Å²) in [6.45, 7) is 6.19. The Morgan fingerprint density at radius 3 is 2.12 bits per heavy atom. The molecule has 3 aromatic carbocycles. The van der Waals surface area contributed by atoms with Crippen molar-refractivity contribution < 1.29 is 24.0 Å². The lowest BCUT2D eigenvalue weighted by atomic mass is 10.2. The van der Waals surface area contributed by atoms with Crippen LogP contribution in [0.4, 0.5) is 16.2 Å². The number of nitrogens with zero attached hydrogens (tertiary/aromatic N) is 4. The number of nitro benzene ring substituents is 1. The Morgan fingerprint density at radius 2 is 1.48 bits per heavy atom. The van der Waals surface area contributed by atoms with Crippen molar-refractivity contribution >= 4 is 40.4 Å². The first kappa shape index (κ1) is 29.3. The van der Waals surface area contributed by atoms with Gasteiger partial charge in [0.05, 0.1) is 22.1 Å². The molecule has 0 unspecified atom stereocenters. The molecule has 0 N–H and O–H groups in total. The molecule has 42 heavy (non-hydrogen) atoms. The maximum absolute atomic E-state index is 13.1. The molecule has 218 valence electrons. The molecule has 0 aromatic heterocycles. The van der Waals surface area contributed by atoms with Gasteiger partial charge in [-0.1, -0.05) is 12.1 Å². The number of imide groups is 1. The Hall–Kier alpha value is -4.19. The number of benzene rings is 3. The minimum atomic E-state index is -0.470. The third kappa shape index (κ3) is 7.55. The second-order valence-corrected chi connectivity index (χ2v) is 11.1. The summed E-state index contributed by atoms with van der Waals surface area (Å²) in [5.74, 6) is 1.32. The van der Waals surface area contributed by atoms with Crippen LogP contribution in [0.25, 0.3) is 6.08 Å². The molecular formula is C31H32N4O6S. The van der Waals surface area contributed by atoms with Gasteiger partial charge in [0.25, 0.3) is 16.8 Å². The van der Waals surface area contributed by atoms with Crippen LogP contribution in [0, 0.1) is 10.1 Å². The number of amides is 2. The first-order valence-corrected chi connectivity index (χ1v) is 14.6. The molecule has 2 amide bonds. The van der Waals surface area contributed by atoms with Gasteiger partial charge in [-0.3, -0.25) is 19.7 Å². The smallest absolute Gasteiger partial charge is 0.298 e. The summed E-state index contributed by atoms with van der Waals surface area (Å²) in [5.41, 5.74) is 1.21. The first-order chi connectivity index (χ1) is 20.4. The highest BCUT2D eigenvalue weighted by Gasteiger charge is 2.36. The van der Waals surface area contributed by atoms with E-state index in [1.807, 2.05) is 0 Å². The third-order valence-electron chi connectivity index (χ3n) is 7.08. The minimum absolute atomic E-state index is 0.0153. The van der Waals surface area contributed by atoms with Gasteiger partial charge in [0.1, 0.15) is 17.2 Å². The number of unbranched alkanes of at least 4 members (excludes halogenated alkanes) is 1. The zero-order valence-corrected chi connectivity index (χ0v) is 24.1. The number of likely N-dealkylation sites (N-methyl/N-ethyl adjacent to an activating group) is 1. The minimum Gasteiger partial charge on any atom is -0.494 e. The van der Waals surface area contributed by atoms with E-state index in [0.717, 1.165) is 62.9 Å². The van der Waals surface area contributed by atoms with E-state index in [9.17, 15) is 19.7 Å². The van der Waals surface area contributed by atoms with E-state index in [0.29, 0.717) is 34.4 Å². The average Bonchev–Trinajstić information content (AvgIpc) is 3.27. The fourth-order valence-electron chi connectivity index (χ4n) is 4.64. The largest absolute Gasteiger partial charge is 0.494 e. The Kier molecular flexibility index (Phi) is 9.52.